The summed E-state index contributed by atoms with van der Waals surface area (Å²) in [6.45, 7) is 8.98. The second kappa shape index (κ2) is 13.3. The molecular weight excluding hydrogens is 578 g/mol. The second-order valence-corrected chi connectivity index (χ2v) is 12.6. The minimum absolute atomic E-state index is 0.0620. The molecule has 0 aliphatic heterocycles. The van der Waals surface area contributed by atoms with Crippen molar-refractivity contribution in [2.45, 2.75) is 64.6 Å². The van der Waals surface area contributed by atoms with Crippen LogP contribution in [0.25, 0.3) is 0 Å². The van der Waals surface area contributed by atoms with Crippen LogP contribution in [0.1, 0.15) is 43.9 Å². The number of sulfonamides is 1. The van der Waals surface area contributed by atoms with Gasteiger partial charge in [0.15, 0.2) is 0 Å². The molecule has 7 nitrogen and oxygen atoms in total. The summed E-state index contributed by atoms with van der Waals surface area (Å²) in [5.74, 6) is -0.781. The van der Waals surface area contributed by atoms with Crippen LogP contribution in [0.15, 0.2) is 82.2 Å². The van der Waals surface area contributed by atoms with Gasteiger partial charge in [-0.05, 0) is 87.2 Å². The molecule has 9 heteroatoms. The van der Waals surface area contributed by atoms with E-state index in [2.05, 4.69) is 21.2 Å². The summed E-state index contributed by atoms with van der Waals surface area (Å²) in [6.07, 6.45) is 0.744. The molecule has 0 heterocycles. The van der Waals surface area contributed by atoms with Gasteiger partial charge in [-0.2, -0.15) is 0 Å². The van der Waals surface area contributed by atoms with Gasteiger partial charge in [-0.1, -0.05) is 59.3 Å². The number of benzene rings is 3. The number of anilines is 1. The van der Waals surface area contributed by atoms with Crippen molar-refractivity contribution in [2.24, 2.45) is 0 Å². The Balaban J connectivity index is 2.05. The molecule has 3 aromatic carbocycles. The Labute approximate surface area is 240 Å². The lowest BCUT2D eigenvalue weighted by atomic mass is 10.1. The van der Waals surface area contributed by atoms with Crippen LogP contribution in [0.3, 0.4) is 0 Å². The predicted molar refractivity (Wildman–Crippen MR) is 159 cm³/mol. The first-order valence-corrected chi connectivity index (χ1v) is 15.2. The van der Waals surface area contributed by atoms with Crippen molar-refractivity contribution in [3.05, 3.63) is 94.0 Å². The smallest absolute Gasteiger partial charge is 0.264 e. The van der Waals surface area contributed by atoms with E-state index >= 15 is 0 Å². The molecule has 1 N–H and O–H groups in total. The fraction of sp³-hybridized carbons (Fsp3) is 0.333. The number of hydrogen-bond acceptors (Lipinski definition) is 4. The summed E-state index contributed by atoms with van der Waals surface area (Å²) in [5, 5.41) is 2.94. The van der Waals surface area contributed by atoms with Crippen LogP contribution in [-0.4, -0.2) is 43.8 Å². The SMILES string of the molecule is CC[C@@H](C)NC(=O)[C@@H](C)N(Cc1cccc(Br)c1)C(=O)CN(c1cc(C)cc(C)c1)S(=O)(=O)c1ccccc1. The summed E-state index contributed by atoms with van der Waals surface area (Å²) in [6, 6.07) is 20.1. The van der Waals surface area contributed by atoms with Crippen molar-refractivity contribution in [1.29, 1.82) is 0 Å². The minimum Gasteiger partial charge on any atom is -0.352 e. The van der Waals surface area contributed by atoms with Gasteiger partial charge in [-0.25, -0.2) is 8.42 Å². The first kappa shape index (κ1) is 30.4. The molecule has 0 spiro atoms. The van der Waals surface area contributed by atoms with Gasteiger partial charge >= 0.3 is 0 Å². The van der Waals surface area contributed by atoms with E-state index in [1.165, 1.54) is 17.0 Å². The van der Waals surface area contributed by atoms with Crippen molar-refractivity contribution >= 4 is 43.5 Å². The van der Waals surface area contributed by atoms with Crippen molar-refractivity contribution in [3.8, 4) is 0 Å². The summed E-state index contributed by atoms with van der Waals surface area (Å²) in [5.41, 5.74) is 2.95. The van der Waals surface area contributed by atoms with Crippen LogP contribution in [0.2, 0.25) is 0 Å². The fourth-order valence-corrected chi connectivity index (χ4v) is 6.09. The van der Waals surface area contributed by atoms with E-state index in [1.54, 1.807) is 37.3 Å². The highest BCUT2D eigenvalue weighted by Crippen LogP contribution is 2.27. The first-order valence-electron chi connectivity index (χ1n) is 12.9. The van der Waals surface area contributed by atoms with Gasteiger partial charge in [0.1, 0.15) is 12.6 Å². The van der Waals surface area contributed by atoms with Crippen LogP contribution >= 0.6 is 15.9 Å². The van der Waals surface area contributed by atoms with E-state index < -0.39 is 28.5 Å². The van der Waals surface area contributed by atoms with Crippen LogP contribution < -0.4 is 9.62 Å². The van der Waals surface area contributed by atoms with Gasteiger partial charge in [0.05, 0.1) is 10.6 Å². The van der Waals surface area contributed by atoms with Gasteiger partial charge < -0.3 is 10.2 Å². The number of halogens is 1. The Morgan fingerprint density at radius 3 is 2.15 bits per heavy atom. The van der Waals surface area contributed by atoms with Crippen molar-refractivity contribution < 1.29 is 18.0 Å². The zero-order valence-corrected chi connectivity index (χ0v) is 25.4. The van der Waals surface area contributed by atoms with Crippen LogP contribution in [0.5, 0.6) is 0 Å². The largest absolute Gasteiger partial charge is 0.352 e. The highest BCUT2D eigenvalue weighted by atomic mass is 79.9. The molecule has 0 aliphatic carbocycles. The fourth-order valence-electron chi connectivity index (χ4n) is 4.22. The molecular formula is C30H36BrN3O4S. The van der Waals surface area contributed by atoms with Gasteiger partial charge in [0.2, 0.25) is 11.8 Å². The molecule has 0 aromatic heterocycles. The Morgan fingerprint density at radius 2 is 1.56 bits per heavy atom. The number of nitrogens with one attached hydrogen (secondary N) is 1. The molecule has 0 fully saturated rings. The summed E-state index contributed by atoms with van der Waals surface area (Å²) < 4.78 is 29.7. The molecule has 0 saturated carbocycles. The van der Waals surface area contributed by atoms with E-state index in [0.717, 1.165) is 31.9 Å². The molecule has 3 aromatic rings. The topological polar surface area (TPSA) is 86.8 Å². The van der Waals surface area contributed by atoms with Gasteiger partial charge in [0, 0.05) is 17.1 Å². The Kier molecular flexibility index (Phi) is 10.3. The van der Waals surface area contributed by atoms with Gasteiger partial charge in [0.25, 0.3) is 10.0 Å². The summed E-state index contributed by atoms with van der Waals surface area (Å²) in [7, 11) is -4.09. The molecule has 0 unspecified atom stereocenters. The van der Waals surface area contributed by atoms with E-state index in [9.17, 15) is 18.0 Å². The predicted octanol–water partition coefficient (Wildman–Crippen LogP) is 5.59. The highest BCUT2D eigenvalue weighted by molar-refractivity contribution is 9.10. The Bertz CT molecular complexity index is 1390. The average Bonchev–Trinajstić information content (AvgIpc) is 2.89. The number of rotatable bonds is 11. The van der Waals surface area contributed by atoms with Crippen LogP contribution in [0, 0.1) is 13.8 Å². The third-order valence-corrected chi connectivity index (χ3v) is 8.80. The van der Waals surface area contributed by atoms with E-state index in [0.29, 0.717) is 5.69 Å². The quantitative estimate of drug-likeness (QED) is 0.305. The van der Waals surface area contributed by atoms with E-state index in [4.69, 9.17) is 0 Å². The molecule has 0 radical (unpaired) electrons. The third kappa shape index (κ3) is 7.92. The summed E-state index contributed by atoms with van der Waals surface area (Å²) in [4.78, 5) is 28.6. The monoisotopic (exact) mass is 613 g/mol. The van der Waals surface area contributed by atoms with Gasteiger partial charge in [-0.3, -0.25) is 13.9 Å². The van der Waals surface area contributed by atoms with Crippen LogP contribution in [-0.2, 0) is 26.2 Å². The standard InChI is InChI=1S/C30H36BrN3O4S/c1-6-23(4)32-30(36)24(5)33(19-25-11-10-12-26(31)18-25)29(35)20-34(27-16-21(2)15-22(3)17-27)39(37,38)28-13-8-7-9-14-28/h7-18,23-24H,6,19-20H2,1-5H3,(H,32,36)/t23-,24-/m1/s1. The molecule has 39 heavy (non-hydrogen) atoms. The molecule has 0 bridgehead atoms. The highest BCUT2D eigenvalue weighted by Gasteiger charge is 2.33. The number of amides is 2. The van der Waals surface area contributed by atoms with Crippen molar-refractivity contribution in [3.63, 3.8) is 0 Å². The first-order chi connectivity index (χ1) is 18.4. The maximum atomic E-state index is 14.0. The molecule has 2 amide bonds. The normalized spacial score (nSPS) is 12.9. The maximum absolute atomic E-state index is 14.0. The average molecular weight is 615 g/mol. The molecule has 0 saturated heterocycles. The van der Waals surface area contributed by atoms with Crippen molar-refractivity contribution in [2.75, 3.05) is 10.8 Å². The number of nitrogens with zero attached hydrogens (tertiary/aromatic N) is 2. The molecule has 208 valence electrons. The van der Waals surface area contributed by atoms with Crippen molar-refractivity contribution in [1.82, 2.24) is 10.2 Å². The number of carbonyl (C=O) groups is 2. The lowest BCUT2D eigenvalue weighted by Gasteiger charge is -2.32. The number of aryl methyl sites for hydroxylation is 2. The zero-order chi connectivity index (χ0) is 28.7. The number of hydrogen-bond donors (Lipinski definition) is 1. The minimum atomic E-state index is -4.09. The van der Waals surface area contributed by atoms with E-state index in [-0.39, 0.29) is 23.4 Å². The molecule has 2 atom stereocenters. The Hall–Kier alpha value is -3.17. The zero-order valence-electron chi connectivity index (χ0n) is 23.0. The third-order valence-electron chi connectivity index (χ3n) is 6.51. The lowest BCUT2D eigenvalue weighted by Crippen LogP contribution is -2.52. The number of carbonyl (C=O) groups excluding carboxylic acids is 2. The van der Waals surface area contributed by atoms with Crippen LogP contribution in [0.4, 0.5) is 5.69 Å². The Morgan fingerprint density at radius 1 is 0.923 bits per heavy atom. The summed E-state index contributed by atoms with van der Waals surface area (Å²) >= 11 is 3.46. The van der Waals surface area contributed by atoms with Gasteiger partial charge in [-0.15, -0.1) is 0 Å². The molecule has 0 aliphatic rings. The lowest BCUT2D eigenvalue weighted by molar-refractivity contribution is -0.139. The second-order valence-electron chi connectivity index (χ2n) is 9.82. The molecule has 3 rings (SSSR count). The van der Waals surface area contributed by atoms with E-state index in [1.807, 2.05) is 58.0 Å². The maximum Gasteiger partial charge on any atom is 0.264 e.